The lowest BCUT2D eigenvalue weighted by molar-refractivity contribution is -0.143. The zero-order chi connectivity index (χ0) is 13.3. The first-order valence-corrected chi connectivity index (χ1v) is 7.02. The molecule has 0 heterocycles. The Morgan fingerprint density at radius 2 is 2.22 bits per heavy atom. The Hall–Kier alpha value is -0.870. The second-order valence-electron chi connectivity index (χ2n) is 4.94. The summed E-state index contributed by atoms with van der Waals surface area (Å²) in [6.07, 6.45) is 2.23. The fourth-order valence-corrected chi connectivity index (χ4v) is 2.56. The van der Waals surface area contributed by atoms with E-state index in [9.17, 15) is 9.90 Å². The molecule has 2 rings (SSSR count). The molecule has 1 aliphatic rings. The van der Waals surface area contributed by atoms with Crippen molar-refractivity contribution >= 4 is 21.9 Å². The molecule has 18 heavy (non-hydrogen) atoms. The number of benzene rings is 1. The molecule has 0 saturated heterocycles. The SMILES string of the molecule is Cc1c(Br)cccc1CN(C1CC1)C(C)C(=O)O. The van der Waals surface area contributed by atoms with Gasteiger partial charge in [0.2, 0.25) is 0 Å². The first kappa shape index (κ1) is 13.6. The Balaban J connectivity index is 2.18. The van der Waals surface area contributed by atoms with Gasteiger partial charge < -0.3 is 5.11 Å². The third-order valence-electron chi connectivity index (χ3n) is 3.60. The molecule has 1 unspecified atom stereocenters. The number of hydrogen-bond donors (Lipinski definition) is 1. The molecule has 1 aromatic rings. The molecule has 0 aromatic heterocycles. The maximum Gasteiger partial charge on any atom is 0.320 e. The molecule has 1 saturated carbocycles. The van der Waals surface area contributed by atoms with Crippen LogP contribution in [0.15, 0.2) is 22.7 Å². The van der Waals surface area contributed by atoms with Crippen LogP contribution in [0.4, 0.5) is 0 Å². The van der Waals surface area contributed by atoms with Gasteiger partial charge in [0.25, 0.3) is 0 Å². The summed E-state index contributed by atoms with van der Waals surface area (Å²) < 4.78 is 1.08. The topological polar surface area (TPSA) is 40.5 Å². The zero-order valence-corrected chi connectivity index (χ0v) is 12.3. The van der Waals surface area contributed by atoms with Crippen LogP contribution in [0.5, 0.6) is 0 Å². The largest absolute Gasteiger partial charge is 0.480 e. The summed E-state index contributed by atoms with van der Waals surface area (Å²) in [5.41, 5.74) is 2.39. The highest BCUT2D eigenvalue weighted by atomic mass is 79.9. The Kier molecular flexibility index (Phi) is 4.07. The van der Waals surface area contributed by atoms with Crippen molar-refractivity contribution in [3.8, 4) is 0 Å². The van der Waals surface area contributed by atoms with Gasteiger partial charge in [-0.3, -0.25) is 9.69 Å². The molecule has 1 N–H and O–H groups in total. The van der Waals surface area contributed by atoms with Crippen LogP contribution in [0.25, 0.3) is 0 Å². The third kappa shape index (κ3) is 2.93. The second kappa shape index (κ2) is 5.41. The van der Waals surface area contributed by atoms with Gasteiger partial charge in [-0.2, -0.15) is 0 Å². The van der Waals surface area contributed by atoms with Gasteiger partial charge in [-0.15, -0.1) is 0 Å². The van der Waals surface area contributed by atoms with Gasteiger partial charge >= 0.3 is 5.97 Å². The zero-order valence-electron chi connectivity index (χ0n) is 10.7. The average molecular weight is 312 g/mol. The van der Waals surface area contributed by atoms with Crippen LogP contribution in [0.1, 0.15) is 30.9 Å². The van der Waals surface area contributed by atoms with Crippen molar-refractivity contribution in [1.82, 2.24) is 4.90 Å². The number of nitrogens with zero attached hydrogens (tertiary/aromatic N) is 1. The number of carbonyl (C=O) groups is 1. The Labute approximate surface area is 116 Å². The maximum absolute atomic E-state index is 11.2. The molecule has 4 heteroatoms. The van der Waals surface area contributed by atoms with Gasteiger partial charge in [-0.25, -0.2) is 0 Å². The fourth-order valence-electron chi connectivity index (χ4n) is 2.15. The summed E-state index contributed by atoms with van der Waals surface area (Å²) in [6, 6.07) is 6.11. The lowest BCUT2D eigenvalue weighted by Gasteiger charge is -2.27. The van der Waals surface area contributed by atoms with Crippen LogP contribution in [0.2, 0.25) is 0 Å². The van der Waals surface area contributed by atoms with E-state index in [1.54, 1.807) is 6.92 Å². The highest BCUT2D eigenvalue weighted by molar-refractivity contribution is 9.10. The molecule has 0 radical (unpaired) electrons. The minimum absolute atomic E-state index is 0.420. The van der Waals surface area contributed by atoms with Crippen LogP contribution >= 0.6 is 15.9 Å². The fraction of sp³-hybridized carbons (Fsp3) is 0.500. The van der Waals surface area contributed by atoms with Crippen molar-refractivity contribution in [1.29, 1.82) is 0 Å². The van der Waals surface area contributed by atoms with E-state index < -0.39 is 12.0 Å². The van der Waals surface area contributed by atoms with Gasteiger partial charge in [0.1, 0.15) is 6.04 Å². The summed E-state index contributed by atoms with van der Waals surface area (Å²) >= 11 is 3.52. The summed E-state index contributed by atoms with van der Waals surface area (Å²) in [5, 5.41) is 9.18. The molecule has 0 spiro atoms. The second-order valence-corrected chi connectivity index (χ2v) is 5.80. The monoisotopic (exact) mass is 311 g/mol. The number of carboxylic acid groups (broad SMARTS) is 1. The lowest BCUT2D eigenvalue weighted by atomic mass is 10.1. The Morgan fingerprint density at radius 3 is 2.78 bits per heavy atom. The van der Waals surface area contributed by atoms with Crippen molar-refractivity contribution in [3.05, 3.63) is 33.8 Å². The van der Waals surface area contributed by atoms with Gasteiger partial charge in [-0.05, 0) is 43.9 Å². The molecular weight excluding hydrogens is 294 g/mol. The maximum atomic E-state index is 11.2. The van der Waals surface area contributed by atoms with E-state index in [0.717, 1.165) is 17.3 Å². The number of aliphatic carboxylic acids is 1. The molecule has 1 aliphatic carbocycles. The van der Waals surface area contributed by atoms with Gasteiger partial charge in [0.05, 0.1) is 0 Å². The minimum atomic E-state index is -0.741. The first-order valence-electron chi connectivity index (χ1n) is 6.23. The number of carboxylic acids is 1. The Morgan fingerprint density at radius 1 is 1.56 bits per heavy atom. The first-order chi connectivity index (χ1) is 8.50. The van der Waals surface area contributed by atoms with E-state index in [0.29, 0.717) is 12.6 Å². The van der Waals surface area contributed by atoms with Gasteiger partial charge in [0, 0.05) is 17.1 Å². The predicted octanol–water partition coefficient (Wildman–Crippen LogP) is 3.20. The quantitative estimate of drug-likeness (QED) is 0.908. The summed E-state index contributed by atoms with van der Waals surface area (Å²) in [6.45, 7) is 4.55. The van der Waals surface area contributed by atoms with Crippen LogP contribution in [-0.2, 0) is 11.3 Å². The highest BCUT2D eigenvalue weighted by Gasteiger charge is 2.35. The lowest BCUT2D eigenvalue weighted by Crippen LogP contribution is -2.40. The smallest absolute Gasteiger partial charge is 0.320 e. The number of hydrogen-bond acceptors (Lipinski definition) is 2. The average Bonchev–Trinajstić information content (AvgIpc) is 3.14. The molecule has 0 amide bonds. The molecule has 98 valence electrons. The number of halogens is 1. The minimum Gasteiger partial charge on any atom is -0.480 e. The van der Waals surface area contributed by atoms with Crippen LogP contribution in [0, 0.1) is 6.92 Å². The Bertz CT molecular complexity index is 457. The third-order valence-corrected chi connectivity index (χ3v) is 4.46. The summed E-state index contributed by atoms with van der Waals surface area (Å²) in [5.74, 6) is -0.741. The van der Waals surface area contributed by atoms with Gasteiger partial charge in [-0.1, -0.05) is 28.1 Å². The van der Waals surface area contributed by atoms with Crippen molar-refractivity contribution in [2.24, 2.45) is 0 Å². The number of rotatable bonds is 5. The molecule has 1 aromatic carbocycles. The predicted molar refractivity (Wildman–Crippen MR) is 74.5 cm³/mol. The van der Waals surface area contributed by atoms with Crippen molar-refractivity contribution < 1.29 is 9.90 Å². The highest BCUT2D eigenvalue weighted by Crippen LogP contribution is 2.31. The molecule has 0 aliphatic heterocycles. The van der Waals surface area contributed by atoms with Crippen LogP contribution in [0.3, 0.4) is 0 Å². The molecular formula is C14H18BrNO2. The van der Waals surface area contributed by atoms with E-state index in [4.69, 9.17) is 0 Å². The molecule has 0 bridgehead atoms. The van der Waals surface area contributed by atoms with E-state index in [-0.39, 0.29) is 0 Å². The van der Waals surface area contributed by atoms with E-state index in [1.165, 1.54) is 11.1 Å². The van der Waals surface area contributed by atoms with Crippen molar-refractivity contribution in [3.63, 3.8) is 0 Å². The normalized spacial score (nSPS) is 16.9. The molecule has 1 atom stereocenters. The van der Waals surface area contributed by atoms with Crippen molar-refractivity contribution in [2.45, 2.75) is 45.3 Å². The van der Waals surface area contributed by atoms with E-state index in [1.807, 2.05) is 12.1 Å². The van der Waals surface area contributed by atoms with E-state index >= 15 is 0 Å². The summed E-state index contributed by atoms with van der Waals surface area (Å²) in [7, 11) is 0. The van der Waals surface area contributed by atoms with Crippen LogP contribution < -0.4 is 0 Å². The molecule has 1 fully saturated rings. The molecule has 3 nitrogen and oxygen atoms in total. The standard InChI is InChI=1S/C14H18BrNO2/c1-9-11(4-3-5-13(9)15)8-16(12-6-7-12)10(2)14(17)18/h3-5,10,12H,6-8H2,1-2H3,(H,17,18). The summed E-state index contributed by atoms with van der Waals surface area (Å²) in [4.78, 5) is 13.3. The van der Waals surface area contributed by atoms with Crippen molar-refractivity contribution in [2.75, 3.05) is 0 Å². The van der Waals surface area contributed by atoms with E-state index in [2.05, 4.69) is 33.8 Å². The van der Waals surface area contributed by atoms with Gasteiger partial charge in [0.15, 0.2) is 0 Å². The van der Waals surface area contributed by atoms with Crippen LogP contribution in [-0.4, -0.2) is 28.1 Å².